The van der Waals surface area contributed by atoms with Gasteiger partial charge >= 0.3 is 5.97 Å². The van der Waals surface area contributed by atoms with Crippen molar-refractivity contribution in [1.29, 1.82) is 0 Å². The van der Waals surface area contributed by atoms with Crippen molar-refractivity contribution in [2.45, 2.75) is 25.8 Å². The first-order chi connectivity index (χ1) is 8.65. The van der Waals surface area contributed by atoms with Crippen molar-refractivity contribution < 1.29 is 14.7 Å². The minimum Gasteiger partial charge on any atom is -0.481 e. The molecule has 2 rings (SSSR count). The Morgan fingerprint density at radius 1 is 1.39 bits per heavy atom. The molecule has 1 aromatic rings. The minimum absolute atomic E-state index is 0.0647. The van der Waals surface area contributed by atoms with Gasteiger partial charge in [0, 0.05) is 25.2 Å². The average Bonchev–Trinajstić information content (AvgIpc) is 2.34. The maximum atomic E-state index is 11.2. The number of nitrogens with one attached hydrogen (secondary N) is 2. The molecule has 0 saturated heterocycles. The highest BCUT2D eigenvalue weighted by molar-refractivity contribution is 5.93. The molecule has 18 heavy (non-hydrogen) atoms. The molecule has 0 fully saturated rings. The van der Waals surface area contributed by atoms with Gasteiger partial charge in [-0.25, -0.2) is 0 Å². The normalized spacial score (nSPS) is 13.9. The highest BCUT2D eigenvalue weighted by Crippen LogP contribution is 2.23. The third-order valence-electron chi connectivity index (χ3n) is 2.91. The summed E-state index contributed by atoms with van der Waals surface area (Å²) in [5, 5.41) is 14.4. The van der Waals surface area contributed by atoms with Crippen LogP contribution in [0.3, 0.4) is 0 Å². The maximum absolute atomic E-state index is 11.2. The van der Waals surface area contributed by atoms with E-state index < -0.39 is 5.97 Å². The van der Waals surface area contributed by atoms with Crippen LogP contribution in [0, 0.1) is 0 Å². The number of carbonyl (C=O) groups is 2. The Balaban J connectivity index is 1.91. The van der Waals surface area contributed by atoms with Crippen molar-refractivity contribution in [3.8, 4) is 0 Å². The standard InChI is InChI=1S/C13H16N2O3/c16-12-4-2-10-7-9(1-3-11(10)15-12)8-14-6-5-13(17)18/h1,3,7,14H,2,4-6,8H2,(H,15,16)(H,17,18). The summed E-state index contributed by atoms with van der Waals surface area (Å²) in [5.41, 5.74) is 3.14. The molecule has 0 radical (unpaired) electrons. The molecular weight excluding hydrogens is 232 g/mol. The molecule has 0 spiro atoms. The number of aryl methyl sites for hydroxylation is 1. The molecule has 3 N–H and O–H groups in total. The van der Waals surface area contributed by atoms with Crippen LogP contribution < -0.4 is 10.6 Å². The molecule has 5 heteroatoms. The molecule has 1 amide bonds. The summed E-state index contributed by atoms with van der Waals surface area (Å²) in [4.78, 5) is 21.6. The molecule has 96 valence electrons. The van der Waals surface area contributed by atoms with E-state index in [1.54, 1.807) is 0 Å². The first kappa shape index (κ1) is 12.6. The molecule has 1 aliphatic rings. The summed E-state index contributed by atoms with van der Waals surface area (Å²) in [7, 11) is 0. The molecule has 0 aliphatic carbocycles. The van der Waals surface area contributed by atoms with E-state index >= 15 is 0 Å². The summed E-state index contributed by atoms with van der Waals surface area (Å²) in [5.74, 6) is -0.731. The largest absolute Gasteiger partial charge is 0.481 e. The van der Waals surface area contributed by atoms with Crippen molar-refractivity contribution in [3.05, 3.63) is 29.3 Å². The van der Waals surface area contributed by atoms with Gasteiger partial charge in [-0.1, -0.05) is 12.1 Å². The van der Waals surface area contributed by atoms with Crippen LogP contribution in [0.25, 0.3) is 0 Å². The Labute approximate surface area is 105 Å². The second kappa shape index (κ2) is 5.64. The SMILES string of the molecule is O=C(O)CCNCc1ccc2c(c1)CCC(=O)N2. The Morgan fingerprint density at radius 3 is 3.00 bits per heavy atom. The first-order valence-corrected chi connectivity index (χ1v) is 5.99. The van der Waals surface area contributed by atoms with Gasteiger partial charge in [-0.3, -0.25) is 9.59 Å². The lowest BCUT2D eigenvalue weighted by atomic mass is 10.0. The lowest BCUT2D eigenvalue weighted by molar-refractivity contribution is -0.136. The van der Waals surface area contributed by atoms with E-state index in [9.17, 15) is 9.59 Å². The number of aliphatic carboxylic acids is 1. The number of hydrogen-bond acceptors (Lipinski definition) is 3. The zero-order valence-corrected chi connectivity index (χ0v) is 10.0. The molecule has 1 aliphatic heterocycles. The Hall–Kier alpha value is -1.88. The van der Waals surface area contributed by atoms with Crippen LogP contribution in [0.1, 0.15) is 24.0 Å². The zero-order valence-electron chi connectivity index (χ0n) is 10.0. The van der Waals surface area contributed by atoms with Crippen molar-refractivity contribution in [3.63, 3.8) is 0 Å². The fraction of sp³-hybridized carbons (Fsp3) is 0.385. The quantitative estimate of drug-likeness (QED) is 0.683. The second-order valence-corrected chi connectivity index (χ2v) is 4.36. The monoisotopic (exact) mass is 248 g/mol. The minimum atomic E-state index is -0.796. The number of benzene rings is 1. The first-order valence-electron chi connectivity index (χ1n) is 5.99. The highest BCUT2D eigenvalue weighted by Gasteiger charge is 2.14. The lowest BCUT2D eigenvalue weighted by Crippen LogP contribution is -2.20. The summed E-state index contributed by atoms with van der Waals surface area (Å²) in [6, 6.07) is 5.90. The summed E-state index contributed by atoms with van der Waals surface area (Å²) in [6.45, 7) is 1.11. The van der Waals surface area contributed by atoms with E-state index in [4.69, 9.17) is 5.11 Å². The number of anilines is 1. The number of fused-ring (bicyclic) bond motifs is 1. The molecule has 0 atom stereocenters. The van der Waals surface area contributed by atoms with Gasteiger partial charge in [0.1, 0.15) is 0 Å². The second-order valence-electron chi connectivity index (χ2n) is 4.36. The van der Waals surface area contributed by atoms with E-state index in [1.807, 2.05) is 12.1 Å². The third kappa shape index (κ3) is 3.30. The molecule has 1 heterocycles. The van der Waals surface area contributed by atoms with Gasteiger partial charge in [0.15, 0.2) is 0 Å². The van der Waals surface area contributed by atoms with Crippen molar-refractivity contribution in [2.24, 2.45) is 0 Å². The number of carbonyl (C=O) groups excluding carboxylic acids is 1. The maximum Gasteiger partial charge on any atom is 0.304 e. The molecular formula is C13H16N2O3. The molecule has 1 aromatic carbocycles. The number of carboxylic acids is 1. The van der Waals surface area contributed by atoms with E-state index in [0.29, 0.717) is 19.5 Å². The van der Waals surface area contributed by atoms with Crippen LogP contribution in [0.4, 0.5) is 5.69 Å². The number of amides is 1. The van der Waals surface area contributed by atoms with Crippen LogP contribution >= 0.6 is 0 Å². The van der Waals surface area contributed by atoms with Crippen LogP contribution in [-0.2, 0) is 22.6 Å². The molecule has 5 nitrogen and oxygen atoms in total. The van der Waals surface area contributed by atoms with Gasteiger partial charge in [-0.05, 0) is 23.6 Å². The smallest absolute Gasteiger partial charge is 0.304 e. The third-order valence-corrected chi connectivity index (χ3v) is 2.91. The number of hydrogen-bond donors (Lipinski definition) is 3. The Morgan fingerprint density at radius 2 is 2.22 bits per heavy atom. The summed E-state index contributed by atoms with van der Waals surface area (Å²) >= 11 is 0. The average molecular weight is 248 g/mol. The van der Waals surface area contributed by atoms with Crippen LogP contribution in [0.5, 0.6) is 0 Å². The van der Waals surface area contributed by atoms with E-state index in [-0.39, 0.29) is 12.3 Å². The summed E-state index contributed by atoms with van der Waals surface area (Å²) in [6.07, 6.45) is 1.42. The fourth-order valence-electron chi connectivity index (χ4n) is 1.97. The molecule has 0 aromatic heterocycles. The fourth-order valence-corrected chi connectivity index (χ4v) is 1.97. The van der Waals surface area contributed by atoms with Gasteiger partial charge in [-0.15, -0.1) is 0 Å². The van der Waals surface area contributed by atoms with Crippen LogP contribution in [0.2, 0.25) is 0 Å². The van der Waals surface area contributed by atoms with Crippen molar-refractivity contribution in [1.82, 2.24) is 5.32 Å². The Kier molecular flexibility index (Phi) is 3.94. The zero-order chi connectivity index (χ0) is 13.0. The van der Waals surface area contributed by atoms with Crippen molar-refractivity contribution in [2.75, 3.05) is 11.9 Å². The van der Waals surface area contributed by atoms with Gasteiger partial charge in [0.25, 0.3) is 0 Å². The molecule has 0 bridgehead atoms. The van der Waals surface area contributed by atoms with Crippen LogP contribution in [-0.4, -0.2) is 23.5 Å². The van der Waals surface area contributed by atoms with Gasteiger partial charge < -0.3 is 15.7 Å². The highest BCUT2D eigenvalue weighted by atomic mass is 16.4. The van der Waals surface area contributed by atoms with E-state index in [2.05, 4.69) is 16.7 Å². The molecule has 0 saturated carbocycles. The van der Waals surface area contributed by atoms with E-state index in [0.717, 1.165) is 23.2 Å². The van der Waals surface area contributed by atoms with Gasteiger partial charge in [0.05, 0.1) is 6.42 Å². The van der Waals surface area contributed by atoms with E-state index in [1.165, 1.54) is 0 Å². The molecule has 0 unspecified atom stereocenters. The summed E-state index contributed by atoms with van der Waals surface area (Å²) < 4.78 is 0. The number of carboxylic acid groups (broad SMARTS) is 1. The predicted molar refractivity (Wildman–Crippen MR) is 67.4 cm³/mol. The van der Waals surface area contributed by atoms with Crippen LogP contribution in [0.15, 0.2) is 18.2 Å². The predicted octanol–water partition coefficient (Wildman–Crippen LogP) is 1.14. The topological polar surface area (TPSA) is 78.4 Å². The van der Waals surface area contributed by atoms with Crippen molar-refractivity contribution >= 4 is 17.6 Å². The lowest BCUT2D eigenvalue weighted by Gasteiger charge is -2.17. The number of rotatable bonds is 5. The Bertz CT molecular complexity index is 471. The van der Waals surface area contributed by atoms with Gasteiger partial charge in [-0.2, -0.15) is 0 Å². The van der Waals surface area contributed by atoms with Gasteiger partial charge in [0.2, 0.25) is 5.91 Å².